The van der Waals surface area contributed by atoms with Crippen molar-refractivity contribution in [1.82, 2.24) is 5.32 Å². The van der Waals surface area contributed by atoms with E-state index in [4.69, 9.17) is 10.8 Å². The van der Waals surface area contributed by atoms with Crippen LogP contribution < -0.4 is 11.1 Å². The summed E-state index contributed by atoms with van der Waals surface area (Å²) in [6.45, 7) is 2.32. The van der Waals surface area contributed by atoms with Crippen LogP contribution in [0.4, 0.5) is 0 Å². The summed E-state index contributed by atoms with van der Waals surface area (Å²) < 4.78 is 0. The monoisotopic (exact) mass is 228 g/mol. The van der Waals surface area contributed by atoms with Crippen molar-refractivity contribution in [2.24, 2.45) is 11.7 Å². The fourth-order valence-corrected chi connectivity index (χ4v) is 2.27. The van der Waals surface area contributed by atoms with E-state index in [0.29, 0.717) is 6.42 Å². The molecular formula is C12H24N2O2. The van der Waals surface area contributed by atoms with E-state index in [1.54, 1.807) is 0 Å². The third kappa shape index (κ3) is 5.47. The zero-order valence-electron chi connectivity index (χ0n) is 9.95. The van der Waals surface area contributed by atoms with Gasteiger partial charge in [-0.05, 0) is 38.3 Å². The second-order valence-electron chi connectivity index (χ2n) is 4.78. The molecule has 0 radical (unpaired) electrons. The summed E-state index contributed by atoms with van der Waals surface area (Å²) in [5, 5.41) is 12.0. The van der Waals surface area contributed by atoms with E-state index >= 15 is 0 Å². The number of piperidine rings is 1. The van der Waals surface area contributed by atoms with E-state index in [-0.39, 0.29) is 0 Å². The van der Waals surface area contributed by atoms with E-state index in [2.05, 4.69) is 5.32 Å². The van der Waals surface area contributed by atoms with E-state index in [1.165, 1.54) is 25.7 Å². The third-order valence-corrected chi connectivity index (χ3v) is 3.40. The minimum atomic E-state index is -0.877. The van der Waals surface area contributed by atoms with Gasteiger partial charge >= 0.3 is 5.97 Å². The predicted octanol–water partition coefficient (Wildman–Crippen LogP) is 1.35. The van der Waals surface area contributed by atoms with Gasteiger partial charge in [-0.1, -0.05) is 25.7 Å². The van der Waals surface area contributed by atoms with Crippen molar-refractivity contribution < 1.29 is 9.90 Å². The van der Waals surface area contributed by atoms with Crippen LogP contribution in [-0.4, -0.2) is 30.2 Å². The van der Waals surface area contributed by atoms with Gasteiger partial charge in [0.25, 0.3) is 0 Å². The number of nitrogens with two attached hydrogens (primary N) is 1. The largest absolute Gasteiger partial charge is 0.480 e. The highest BCUT2D eigenvalue weighted by molar-refractivity contribution is 5.72. The molecule has 16 heavy (non-hydrogen) atoms. The van der Waals surface area contributed by atoms with Crippen LogP contribution >= 0.6 is 0 Å². The standard InChI is InChI=1S/C12H24N2O2/c13-11(12(15)16)5-3-1-2-4-10-6-8-14-9-7-10/h10-11,14H,1-9,13H2,(H,15,16)/t11-/m0/s1. The summed E-state index contributed by atoms with van der Waals surface area (Å²) in [5.74, 6) is 0.00718. The minimum absolute atomic E-state index is 0.613. The van der Waals surface area contributed by atoms with Crippen molar-refractivity contribution in [2.45, 2.75) is 51.0 Å². The summed E-state index contributed by atoms with van der Waals surface area (Å²) in [4.78, 5) is 10.5. The van der Waals surface area contributed by atoms with Crippen molar-refractivity contribution in [2.75, 3.05) is 13.1 Å². The Bertz CT molecular complexity index is 203. The summed E-state index contributed by atoms with van der Waals surface area (Å²) in [6, 6.07) is -0.668. The van der Waals surface area contributed by atoms with Gasteiger partial charge in [0.1, 0.15) is 6.04 Å². The van der Waals surface area contributed by atoms with Crippen LogP contribution in [-0.2, 0) is 4.79 Å². The molecule has 1 saturated heterocycles. The maximum absolute atomic E-state index is 10.5. The number of hydrogen-bond acceptors (Lipinski definition) is 3. The Kier molecular flexibility index (Phi) is 6.42. The molecule has 4 heteroatoms. The lowest BCUT2D eigenvalue weighted by Gasteiger charge is -2.22. The van der Waals surface area contributed by atoms with Crippen molar-refractivity contribution in [3.8, 4) is 0 Å². The lowest BCUT2D eigenvalue weighted by Crippen LogP contribution is -2.29. The fourth-order valence-electron chi connectivity index (χ4n) is 2.27. The highest BCUT2D eigenvalue weighted by Gasteiger charge is 2.13. The Morgan fingerprint density at radius 2 is 2.00 bits per heavy atom. The first-order valence-electron chi connectivity index (χ1n) is 6.39. The van der Waals surface area contributed by atoms with Crippen molar-refractivity contribution >= 4 is 5.97 Å². The van der Waals surface area contributed by atoms with Crippen molar-refractivity contribution in [1.29, 1.82) is 0 Å². The molecule has 1 atom stereocenters. The Morgan fingerprint density at radius 3 is 2.62 bits per heavy atom. The molecule has 1 rings (SSSR count). The minimum Gasteiger partial charge on any atom is -0.480 e. The summed E-state index contributed by atoms with van der Waals surface area (Å²) in [6.07, 6.45) is 7.79. The van der Waals surface area contributed by atoms with E-state index < -0.39 is 12.0 Å². The van der Waals surface area contributed by atoms with E-state index in [1.807, 2.05) is 0 Å². The average Bonchev–Trinajstić information content (AvgIpc) is 2.29. The normalized spacial score (nSPS) is 19.6. The van der Waals surface area contributed by atoms with Crippen LogP contribution in [0.2, 0.25) is 0 Å². The maximum Gasteiger partial charge on any atom is 0.320 e. The third-order valence-electron chi connectivity index (χ3n) is 3.40. The number of unbranched alkanes of at least 4 members (excludes halogenated alkanes) is 2. The lowest BCUT2D eigenvalue weighted by atomic mass is 9.92. The Balaban J connectivity index is 1.93. The molecule has 0 spiro atoms. The summed E-state index contributed by atoms with van der Waals surface area (Å²) >= 11 is 0. The molecule has 1 fully saturated rings. The topological polar surface area (TPSA) is 75.3 Å². The predicted molar refractivity (Wildman–Crippen MR) is 64.3 cm³/mol. The van der Waals surface area contributed by atoms with Gasteiger partial charge in [-0.3, -0.25) is 4.79 Å². The van der Waals surface area contributed by atoms with Crippen LogP contribution in [0.15, 0.2) is 0 Å². The van der Waals surface area contributed by atoms with E-state index in [0.717, 1.165) is 31.8 Å². The molecule has 0 unspecified atom stereocenters. The Hall–Kier alpha value is -0.610. The number of carboxylic acids is 1. The molecule has 0 aromatic rings. The van der Waals surface area contributed by atoms with Crippen molar-refractivity contribution in [3.63, 3.8) is 0 Å². The van der Waals surface area contributed by atoms with Gasteiger partial charge in [-0.25, -0.2) is 0 Å². The van der Waals surface area contributed by atoms with E-state index in [9.17, 15) is 4.79 Å². The first kappa shape index (κ1) is 13.5. The smallest absolute Gasteiger partial charge is 0.320 e. The van der Waals surface area contributed by atoms with Gasteiger partial charge in [0.15, 0.2) is 0 Å². The molecule has 0 saturated carbocycles. The number of carbonyl (C=O) groups is 1. The molecule has 4 nitrogen and oxygen atoms in total. The van der Waals surface area contributed by atoms with Gasteiger partial charge in [0.05, 0.1) is 0 Å². The molecule has 0 aromatic heterocycles. The molecule has 1 aliphatic heterocycles. The van der Waals surface area contributed by atoms with Crippen LogP contribution in [0.1, 0.15) is 44.9 Å². The second-order valence-corrected chi connectivity index (χ2v) is 4.78. The van der Waals surface area contributed by atoms with Gasteiger partial charge in [0, 0.05) is 0 Å². The Labute approximate surface area is 97.6 Å². The van der Waals surface area contributed by atoms with Gasteiger partial charge in [-0.15, -0.1) is 0 Å². The first-order valence-corrected chi connectivity index (χ1v) is 6.39. The molecule has 0 bridgehead atoms. The van der Waals surface area contributed by atoms with Crippen LogP contribution in [0.5, 0.6) is 0 Å². The summed E-state index contributed by atoms with van der Waals surface area (Å²) in [7, 11) is 0. The molecule has 0 aliphatic carbocycles. The Morgan fingerprint density at radius 1 is 1.31 bits per heavy atom. The van der Waals surface area contributed by atoms with Crippen molar-refractivity contribution in [3.05, 3.63) is 0 Å². The first-order chi connectivity index (χ1) is 7.70. The second kappa shape index (κ2) is 7.63. The summed E-state index contributed by atoms with van der Waals surface area (Å²) in [5.41, 5.74) is 5.43. The van der Waals surface area contributed by atoms with Crippen LogP contribution in [0.25, 0.3) is 0 Å². The molecule has 1 heterocycles. The van der Waals surface area contributed by atoms with Gasteiger partial charge in [-0.2, -0.15) is 0 Å². The lowest BCUT2D eigenvalue weighted by molar-refractivity contribution is -0.138. The molecular weight excluding hydrogens is 204 g/mol. The van der Waals surface area contributed by atoms with Crippen LogP contribution in [0, 0.1) is 5.92 Å². The zero-order chi connectivity index (χ0) is 11.8. The number of carboxylic acid groups (broad SMARTS) is 1. The highest BCUT2D eigenvalue weighted by Crippen LogP contribution is 2.19. The average molecular weight is 228 g/mol. The van der Waals surface area contributed by atoms with Gasteiger partial charge < -0.3 is 16.2 Å². The molecule has 4 N–H and O–H groups in total. The number of rotatable bonds is 7. The molecule has 0 amide bonds. The quantitative estimate of drug-likeness (QED) is 0.575. The van der Waals surface area contributed by atoms with Gasteiger partial charge in [0.2, 0.25) is 0 Å². The molecule has 1 aliphatic rings. The van der Waals surface area contributed by atoms with Crippen LogP contribution in [0.3, 0.4) is 0 Å². The molecule has 94 valence electrons. The maximum atomic E-state index is 10.5. The number of aliphatic carboxylic acids is 1. The molecule has 0 aromatic carbocycles. The highest BCUT2D eigenvalue weighted by atomic mass is 16.4. The fraction of sp³-hybridized carbons (Fsp3) is 0.917. The SMILES string of the molecule is N[C@@H](CCCCCC1CCNCC1)C(=O)O. The zero-order valence-corrected chi connectivity index (χ0v) is 9.95. The number of hydrogen-bond donors (Lipinski definition) is 3. The number of nitrogens with one attached hydrogen (secondary N) is 1.